The van der Waals surface area contributed by atoms with Crippen molar-refractivity contribution in [3.8, 4) is 0 Å². The molecule has 1 aromatic rings. The Morgan fingerprint density at radius 2 is 2.00 bits per heavy atom. The SMILES string of the molecule is CNC(=O)N1CCCC1C(=O)NN(C)c1ccccc1. The summed E-state index contributed by atoms with van der Waals surface area (Å²) in [5, 5.41) is 4.24. The molecule has 1 atom stereocenters. The fourth-order valence-electron chi connectivity index (χ4n) is 2.38. The van der Waals surface area contributed by atoms with Gasteiger partial charge in [-0.05, 0) is 25.0 Å². The molecule has 108 valence electrons. The van der Waals surface area contributed by atoms with Gasteiger partial charge in [0.15, 0.2) is 0 Å². The molecule has 1 fully saturated rings. The maximum Gasteiger partial charge on any atom is 0.317 e. The van der Waals surface area contributed by atoms with Crippen LogP contribution in [-0.4, -0.2) is 43.5 Å². The third-order valence-corrected chi connectivity index (χ3v) is 3.45. The molecule has 1 aromatic carbocycles. The standard InChI is InChI=1S/C14H20N4O2/c1-15-14(20)18-10-6-9-12(18)13(19)16-17(2)11-7-4-3-5-8-11/h3-5,7-8,12H,6,9-10H2,1-2H3,(H,15,20)(H,16,19). The molecule has 1 saturated heterocycles. The van der Waals surface area contributed by atoms with Gasteiger partial charge in [-0.1, -0.05) is 18.2 Å². The lowest BCUT2D eigenvalue weighted by Crippen LogP contribution is -2.52. The molecule has 1 aliphatic heterocycles. The van der Waals surface area contributed by atoms with Gasteiger partial charge in [-0.2, -0.15) is 0 Å². The summed E-state index contributed by atoms with van der Waals surface area (Å²) in [6.45, 7) is 0.618. The summed E-state index contributed by atoms with van der Waals surface area (Å²) in [5.41, 5.74) is 3.71. The summed E-state index contributed by atoms with van der Waals surface area (Å²) in [5.74, 6) is -0.155. The van der Waals surface area contributed by atoms with Crippen LogP contribution in [0, 0.1) is 0 Å². The van der Waals surface area contributed by atoms with E-state index >= 15 is 0 Å². The van der Waals surface area contributed by atoms with Gasteiger partial charge in [0, 0.05) is 20.6 Å². The van der Waals surface area contributed by atoms with Crippen molar-refractivity contribution in [2.24, 2.45) is 0 Å². The van der Waals surface area contributed by atoms with Crippen molar-refractivity contribution in [3.05, 3.63) is 30.3 Å². The monoisotopic (exact) mass is 276 g/mol. The second-order valence-corrected chi connectivity index (χ2v) is 4.78. The molecule has 20 heavy (non-hydrogen) atoms. The summed E-state index contributed by atoms with van der Waals surface area (Å²) in [6, 6.07) is 8.95. The van der Waals surface area contributed by atoms with Gasteiger partial charge in [-0.3, -0.25) is 15.2 Å². The van der Waals surface area contributed by atoms with Gasteiger partial charge in [0.1, 0.15) is 6.04 Å². The topological polar surface area (TPSA) is 64.7 Å². The maximum atomic E-state index is 12.3. The third kappa shape index (κ3) is 3.01. The van der Waals surface area contributed by atoms with Gasteiger partial charge in [-0.25, -0.2) is 4.79 Å². The van der Waals surface area contributed by atoms with E-state index in [4.69, 9.17) is 0 Å². The van der Waals surface area contributed by atoms with Gasteiger partial charge in [0.2, 0.25) is 0 Å². The van der Waals surface area contributed by atoms with E-state index in [1.54, 1.807) is 24.0 Å². The molecule has 3 amide bonds. The van der Waals surface area contributed by atoms with Crippen LogP contribution in [0.5, 0.6) is 0 Å². The molecule has 0 spiro atoms. The van der Waals surface area contributed by atoms with Crippen LogP contribution in [0.15, 0.2) is 30.3 Å². The van der Waals surface area contributed by atoms with Crippen molar-refractivity contribution in [1.29, 1.82) is 0 Å². The van der Waals surface area contributed by atoms with Gasteiger partial charge < -0.3 is 10.2 Å². The second-order valence-electron chi connectivity index (χ2n) is 4.78. The van der Waals surface area contributed by atoms with Crippen molar-refractivity contribution in [2.75, 3.05) is 25.6 Å². The Balaban J connectivity index is 1.99. The third-order valence-electron chi connectivity index (χ3n) is 3.45. The summed E-state index contributed by atoms with van der Waals surface area (Å²) in [6.07, 6.45) is 1.54. The Morgan fingerprint density at radius 1 is 1.30 bits per heavy atom. The Kier molecular flexibility index (Phi) is 4.45. The highest BCUT2D eigenvalue weighted by Gasteiger charge is 2.34. The Labute approximate surface area is 118 Å². The molecule has 6 nitrogen and oxygen atoms in total. The molecule has 0 aliphatic carbocycles. The first-order chi connectivity index (χ1) is 9.63. The fourth-order valence-corrected chi connectivity index (χ4v) is 2.38. The Morgan fingerprint density at radius 3 is 2.65 bits per heavy atom. The van der Waals surface area contributed by atoms with Gasteiger partial charge in [0.05, 0.1) is 5.69 Å². The van der Waals surface area contributed by atoms with E-state index in [0.29, 0.717) is 13.0 Å². The van der Waals surface area contributed by atoms with Crippen LogP contribution >= 0.6 is 0 Å². The van der Waals surface area contributed by atoms with Crippen LogP contribution in [0.2, 0.25) is 0 Å². The van der Waals surface area contributed by atoms with E-state index in [1.807, 2.05) is 30.3 Å². The second kappa shape index (κ2) is 6.27. The predicted octanol–water partition coefficient (Wildman–Crippen LogP) is 0.958. The van der Waals surface area contributed by atoms with Crippen LogP contribution < -0.4 is 15.8 Å². The van der Waals surface area contributed by atoms with E-state index in [1.165, 1.54) is 0 Å². The molecule has 0 saturated carbocycles. The van der Waals surface area contributed by atoms with Crippen LogP contribution in [-0.2, 0) is 4.79 Å². The number of amides is 3. The maximum absolute atomic E-state index is 12.3. The van der Waals surface area contributed by atoms with Crippen molar-refractivity contribution in [1.82, 2.24) is 15.6 Å². The number of nitrogens with zero attached hydrogens (tertiary/aromatic N) is 2. The first-order valence-corrected chi connectivity index (χ1v) is 6.71. The Bertz CT molecular complexity index is 477. The molecule has 1 aliphatic rings. The molecule has 1 unspecified atom stereocenters. The summed E-state index contributed by atoms with van der Waals surface area (Å²) in [7, 11) is 3.36. The molecule has 1 heterocycles. The first kappa shape index (κ1) is 14.2. The lowest BCUT2D eigenvalue weighted by molar-refractivity contribution is -0.124. The van der Waals surface area contributed by atoms with E-state index in [2.05, 4.69) is 10.7 Å². The number of anilines is 1. The molecule has 0 radical (unpaired) electrons. The molecular formula is C14H20N4O2. The minimum atomic E-state index is -0.402. The lowest BCUT2D eigenvalue weighted by Gasteiger charge is -2.27. The minimum Gasteiger partial charge on any atom is -0.341 e. The highest BCUT2D eigenvalue weighted by atomic mass is 16.2. The quantitative estimate of drug-likeness (QED) is 0.808. The molecule has 0 aromatic heterocycles. The number of hydrogen-bond acceptors (Lipinski definition) is 3. The zero-order valence-corrected chi connectivity index (χ0v) is 11.8. The number of carbonyl (C=O) groups excluding carboxylic acids is 2. The number of para-hydroxylation sites is 1. The smallest absolute Gasteiger partial charge is 0.317 e. The predicted molar refractivity (Wildman–Crippen MR) is 77.2 cm³/mol. The van der Waals surface area contributed by atoms with E-state index < -0.39 is 6.04 Å². The lowest BCUT2D eigenvalue weighted by atomic mass is 10.2. The normalized spacial score (nSPS) is 17.7. The number of rotatable bonds is 3. The van der Waals surface area contributed by atoms with Crippen molar-refractivity contribution >= 4 is 17.6 Å². The van der Waals surface area contributed by atoms with Crippen molar-refractivity contribution in [2.45, 2.75) is 18.9 Å². The zero-order valence-electron chi connectivity index (χ0n) is 11.8. The summed E-state index contributed by atoms with van der Waals surface area (Å²) in [4.78, 5) is 25.6. The number of benzene rings is 1. The first-order valence-electron chi connectivity index (χ1n) is 6.71. The minimum absolute atomic E-state index is 0.155. The molecule has 6 heteroatoms. The number of urea groups is 1. The van der Waals surface area contributed by atoms with Crippen LogP contribution in [0.1, 0.15) is 12.8 Å². The number of hydrazine groups is 1. The number of hydrogen-bond donors (Lipinski definition) is 2. The van der Waals surface area contributed by atoms with E-state index in [0.717, 1.165) is 12.1 Å². The summed E-state index contributed by atoms with van der Waals surface area (Å²) < 4.78 is 0. The van der Waals surface area contributed by atoms with E-state index in [9.17, 15) is 9.59 Å². The molecule has 0 bridgehead atoms. The average Bonchev–Trinajstić information content (AvgIpc) is 2.96. The van der Waals surface area contributed by atoms with E-state index in [-0.39, 0.29) is 11.9 Å². The average molecular weight is 276 g/mol. The van der Waals surface area contributed by atoms with Gasteiger partial charge in [-0.15, -0.1) is 0 Å². The Hall–Kier alpha value is -2.24. The van der Waals surface area contributed by atoms with Crippen molar-refractivity contribution < 1.29 is 9.59 Å². The largest absolute Gasteiger partial charge is 0.341 e. The number of carbonyl (C=O) groups is 2. The van der Waals surface area contributed by atoms with Crippen LogP contribution in [0.3, 0.4) is 0 Å². The van der Waals surface area contributed by atoms with Crippen LogP contribution in [0.25, 0.3) is 0 Å². The highest BCUT2D eigenvalue weighted by molar-refractivity contribution is 5.88. The van der Waals surface area contributed by atoms with Gasteiger partial charge in [0.25, 0.3) is 5.91 Å². The highest BCUT2D eigenvalue weighted by Crippen LogP contribution is 2.18. The van der Waals surface area contributed by atoms with Crippen LogP contribution in [0.4, 0.5) is 10.5 Å². The number of nitrogens with one attached hydrogen (secondary N) is 2. The molecular weight excluding hydrogens is 256 g/mol. The molecule has 2 N–H and O–H groups in total. The number of likely N-dealkylation sites (tertiary alicyclic amines) is 1. The molecule has 2 rings (SSSR count). The fraction of sp³-hybridized carbons (Fsp3) is 0.429. The zero-order chi connectivity index (χ0) is 14.5. The van der Waals surface area contributed by atoms with Crippen molar-refractivity contribution in [3.63, 3.8) is 0 Å². The van der Waals surface area contributed by atoms with Gasteiger partial charge >= 0.3 is 6.03 Å². The summed E-state index contributed by atoms with van der Waals surface area (Å²) >= 11 is 0.